The highest BCUT2D eigenvalue weighted by molar-refractivity contribution is 5.98. The van der Waals surface area contributed by atoms with Crippen LogP contribution in [0.5, 0.6) is 0 Å². The molecule has 2 rings (SSSR count). The third kappa shape index (κ3) is 8.02. The average Bonchev–Trinajstić information content (AvgIpc) is 2.80. The lowest BCUT2D eigenvalue weighted by molar-refractivity contribution is -0.153. The summed E-state index contributed by atoms with van der Waals surface area (Å²) < 4.78 is 5.41. The number of carbonyl (C=O) groups is 6. The van der Waals surface area contributed by atoms with Gasteiger partial charge in [0.25, 0.3) is 0 Å². The number of ether oxygens (including phenoxy) is 1. The van der Waals surface area contributed by atoms with Crippen LogP contribution < -0.4 is 26.6 Å². The molecule has 0 radical (unpaired) electrons. The zero-order valence-corrected chi connectivity index (χ0v) is 21.9. The van der Waals surface area contributed by atoms with E-state index in [9.17, 15) is 28.8 Å². The minimum absolute atomic E-state index is 0.365. The van der Waals surface area contributed by atoms with E-state index in [-0.39, 0.29) is 6.61 Å². The van der Waals surface area contributed by atoms with Gasteiger partial charge in [-0.3, -0.25) is 24.0 Å². The molecule has 0 saturated carbocycles. The molecule has 1 atom stereocenters. The molecule has 1 aliphatic heterocycles. The first-order chi connectivity index (χ1) is 17.0. The minimum Gasteiger partial charge on any atom is -0.463 e. The first-order valence-electron chi connectivity index (χ1n) is 11.8. The van der Waals surface area contributed by atoms with Crippen LogP contribution in [0.4, 0.5) is 0 Å². The molecule has 0 aliphatic carbocycles. The molecule has 12 nitrogen and oxygen atoms in total. The second-order valence-electron chi connectivity index (χ2n) is 10.4. The number of rotatable bonds is 1. The van der Waals surface area contributed by atoms with Crippen LogP contribution in [-0.4, -0.2) is 71.8 Å². The van der Waals surface area contributed by atoms with Crippen LogP contribution in [0.2, 0.25) is 0 Å². The first-order valence-corrected chi connectivity index (χ1v) is 11.8. The van der Waals surface area contributed by atoms with Gasteiger partial charge in [0.15, 0.2) is 0 Å². The van der Waals surface area contributed by atoms with Crippen molar-refractivity contribution < 1.29 is 33.5 Å². The van der Waals surface area contributed by atoms with E-state index >= 15 is 0 Å². The summed E-state index contributed by atoms with van der Waals surface area (Å²) in [7, 11) is 0. The summed E-state index contributed by atoms with van der Waals surface area (Å²) in [5.41, 5.74) is -3.82. The fourth-order valence-electron chi connectivity index (χ4n) is 3.36. The molecule has 5 amide bonds. The molecule has 1 saturated heterocycles. The molecule has 202 valence electrons. The van der Waals surface area contributed by atoms with Crippen molar-refractivity contribution in [2.75, 3.05) is 19.7 Å². The third-order valence-electron chi connectivity index (χ3n) is 5.71. The summed E-state index contributed by atoms with van der Waals surface area (Å²) in [5.74, 6) is -4.97. The summed E-state index contributed by atoms with van der Waals surface area (Å²) in [4.78, 5) is 76.2. The normalized spacial score (nSPS) is 23.5. The molecule has 0 bridgehead atoms. The van der Waals surface area contributed by atoms with E-state index in [1.807, 2.05) is 0 Å². The Kier molecular flexibility index (Phi) is 9.02. The fourth-order valence-corrected chi connectivity index (χ4v) is 3.36. The van der Waals surface area contributed by atoms with Crippen molar-refractivity contribution in [2.24, 2.45) is 0 Å². The maximum Gasteiger partial charge on any atom is 0.331 e. The van der Waals surface area contributed by atoms with Gasteiger partial charge in [0.2, 0.25) is 29.5 Å². The Morgan fingerprint density at radius 1 is 0.676 bits per heavy atom. The van der Waals surface area contributed by atoms with E-state index in [1.165, 1.54) is 41.5 Å². The van der Waals surface area contributed by atoms with Gasteiger partial charge in [-0.25, -0.2) is 4.79 Å². The Bertz CT molecular complexity index is 1070. The number of cyclic esters (lactones) is 1. The summed E-state index contributed by atoms with van der Waals surface area (Å²) in [6, 6.07) is 8.57. The van der Waals surface area contributed by atoms with Gasteiger partial charge < -0.3 is 31.3 Å². The van der Waals surface area contributed by atoms with Gasteiger partial charge in [-0.15, -0.1) is 0 Å². The van der Waals surface area contributed by atoms with Gasteiger partial charge in [-0.05, 0) is 47.1 Å². The van der Waals surface area contributed by atoms with Crippen LogP contribution in [-0.2, 0) is 33.5 Å². The lowest BCUT2D eigenvalue weighted by Crippen LogP contribution is -2.63. The van der Waals surface area contributed by atoms with Crippen molar-refractivity contribution in [3.63, 3.8) is 0 Å². The van der Waals surface area contributed by atoms with Gasteiger partial charge in [0.1, 0.15) is 23.2 Å². The Balaban J connectivity index is 2.39. The first kappa shape index (κ1) is 29.3. The number of hydrogen-bond donors (Lipinski definition) is 5. The predicted octanol–water partition coefficient (Wildman–Crippen LogP) is -0.756. The molecule has 0 spiro atoms. The lowest BCUT2D eigenvalue weighted by Gasteiger charge is -2.32. The van der Waals surface area contributed by atoms with Crippen molar-refractivity contribution in [2.45, 2.75) is 64.1 Å². The highest BCUT2D eigenvalue weighted by Crippen LogP contribution is 2.20. The zero-order valence-electron chi connectivity index (χ0n) is 21.9. The second-order valence-corrected chi connectivity index (χ2v) is 10.4. The maximum absolute atomic E-state index is 13.3. The summed E-state index contributed by atoms with van der Waals surface area (Å²) >= 11 is 0. The monoisotopic (exact) mass is 517 g/mol. The second kappa shape index (κ2) is 11.4. The molecule has 0 aromatic heterocycles. The van der Waals surface area contributed by atoms with E-state index in [2.05, 4.69) is 26.6 Å². The van der Waals surface area contributed by atoms with E-state index < -0.39 is 71.1 Å². The molecule has 37 heavy (non-hydrogen) atoms. The van der Waals surface area contributed by atoms with E-state index in [4.69, 9.17) is 4.74 Å². The Morgan fingerprint density at radius 3 is 1.86 bits per heavy atom. The quantitative estimate of drug-likeness (QED) is 0.305. The van der Waals surface area contributed by atoms with E-state index in [0.717, 1.165) is 0 Å². The molecule has 12 heteroatoms. The molecular formula is C25H35N5O7. The van der Waals surface area contributed by atoms with Crippen molar-refractivity contribution in [1.29, 1.82) is 0 Å². The van der Waals surface area contributed by atoms with Crippen molar-refractivity contribution in [3.05, 3.63) is 35.9 Å². The lowest BCUT2D eigenvalue weighted by atomic mass is 9.95. The molecule has 1 aromatic carbocycles. The highest BCUT2D eigenvalue weighted by atomic mass is 16.5. The van der Waals surface area contributed by atoms with Crippen LogP contribution >= 0.6 is 0 Å². The SMILES string of the molecule is CC1(C)NC(=O)C(c2ccccc2)COC(=O)C(C)(C)NC(=O)CNC(=O)CNC(=O)C(C)(C)NC1=O. The van der Waals surface area contributed by atoms with Crippen molar-refractivity contribution >= 4 is 35.5 Å². The van der Waals surface area contributed by atoms with Crippen LogP contribution in [0.25, 0.3) is 0 Å². The summed E-state index contributed by atoms with van der Waals surface area (Å²) in [5, 5.41) is 12.5. The number of esters is 1. The minimum atomic E-state index is -1.47. The molecular weight excluding hydrogens is 482 g/mol. The fraction of sp³-hybridized carbons (Fsp3) is 0.520. The van der Waals surface area contributed by atoms with Crippen LogP contribution in [0.15, 0.2) is 30.3 Å². The summed E-state index contributed by atoms with van der Waals surface area (Å²) in [6.45, 7) is 7.41. The zero-order chi connectivity index (χ0) is 28.0. The van der Waals surface area contributed by atoms with Gasteiger partial charge in [0, 0.05) is 0 Å². The van der Waals surface area contributed by atoms with Crippen molar-refractivity contribution in [3.8, 4) is 0 Å². The number of carbonyl (C=O) groups excluding carboxylic acids is 6. The van der Waals surface area contributed by atoms with Gasteiger partial charge >= 0.3 is 5.97 Å². The van der Waals surface area contributed by atoms with Crippen LogP contribution in [0.1, 0.15) is 53.0 Å². The largest absolute Gasteiger partial charge is 0.463 e. The number of amides is 5. The Labute approximate surface area is 215 Å². The smallest absolute Gasteiger partial charge is 0.331 e. The molecule has 5 N–H and O–H groups in total. The predicted molar refractivity (Wildman–Crippen MR) is 133 cm³/mol. The Hall–Kier alpha value is -3.96. The van der Waals surface area contributed by atoms with E-state index in [0.29, 0.717) is 5.56 Å². The van der Waals surface area contributed by atoms with Crippen LogP contribution in [0, 0.1) is 0 Å². The molecule has 1 aromatic rings. The number of hydrogen-bond acceptors (Lipinski definition) is 7. The molecule has 1 unspecified atom stereocenters. The molecule has 1 heterocycles. The number of nitrogens with one attached hydrogen (secondary N) is 5. The topological polar surface area (TPSA) is 172 Å². The standard InChI is InChI=1S/C25H35N5O7/c1-23(2)20(34)27-12-17(31)26-13-18(32)28-25(5,6)22(36)37-14-16(15-10-8-7-9-11-15)19(33)29-24(3,4)21(35)30-23/h7-11,16H,12-14H2,1-6H3,(H,26,31)(H,27,34)(H,28,32)(H,29,33)(H,30,35). The third-order valence-corrected chi connectivity index (χ3v) is 5.71. The Morgan fingerprint density at radius 2 is 1.24 bits per heavy atom. The van der Waals surface area contributed by atoms with Crippen molar-refractivity contribution in [1.82, 2.24) is 26.6 Å². The summed E-state index contributed by atoms with van der Waals surface area (Å²) in [6.07, 6.45) is 0. The van der Waals surface area contributed by atoms with Gasteiger partial charge in [-0.2, -0.15) is 0 Å². The molecule has 1 fully saturated rings. The maximum atomic E-state index is 13.3. The van der Waals surface area contributed by atoms with Crippen LogP contribution in [0.3, 0.4) is 0 Å². The van der Waals surface area contributed by atoms with E-state index in [1.54, 1.807) is 30.3 Å². The molecule has 1 aliphatic rings. The average molecular weight is 518 g/mol. The van der Waals surface area contributed by atoms with Gasteiger partial charge in [-0.1, -0.05) is 30.3 Å². The highest BCUT2D eigenvalue weighted by Gasteiger charge is 2.39. The number of benzene rings is 1. The van der Waals surface area contributed by atoms with Gasteiger partial charge in [0.05, 0.1) is 19.0 Å².